The van der Waals surface area contributed by atoms with Crippen molar-refractivity contribution in [3.8, 4) is 11.6 Å². The summed E-state index contributed by atoms with van der Waals surface area (Å²) in [5.74, 6) is 1.99. The van der Waals surface area contributed by atoms with Crippen molar-refractivity contribution in [2.24, 2.45) is 0 Å². The second-order valence-corrected chi connectivity index (χ2v) is 4.52. The summed E-state index contributed by atoms with van der Waals surface area (Å²) in [6.07, 6.45) is 2.81. The highest BCUT2D eigenvalue weighted by Gasteiger charge is 2.06. The maximum absolute atomic E-state index is 5.79. The lowest BCUT2D eigenvalue weighted by atomic mass is 10.2. The Labute approximate surface area is 113 Å². The predicted molar refractivity (Wildman–Crippen MR) is 76.8 cm³/mol. The van der Waals surface area contributed by atoms with Gasteiger partial charge in [-0.2, -0.15) is 4.98 Å². The first-order valence-corrected chi connectivity index (χ1v) is 6.51. The molecule has 0 aliphatic heterocycles. The van der Waals surface area contributed by atoms with Crippen LogP contribution in [0.1, 0.15) is 24.5 Å². The summed E-state index contributed by atoms with van der Waals surface area (Å²) in [6, 6.07) is 7.91. The van der Waals surface area contributed by atoms with E-state index in [0.29, 0.717) is 11.8 Å². The van der Waals surface area contributed by atoms with E-state index in [-0.39, 0.29) is 0 Å². The van der Waals surface area contributed by atoms with Gasteiger partial charge in [-0.25, -0.2) is 4.98 Å². The van der Waals surface area contributed by atoms with Crippen LogP contribution < -0.4 is 10.1 Å². The molecule has 0 atom stereocenters. The number of rotatable bonds is 5. The van der Waals surface area contributed by atoms with E-state index in [1.165, 1.54) is 5.56 Å². The highest BCUT2D eigenvalue weighted by Crippen LogP contribution is 2.23. The van der Waals surface area contributed by atoms with E-state index >= 15 is 0 Å². The summed E-state index contributed by atoms with van der Waals surface area (Å²) >= 11 is 0. The third kappa shape index (κ3) is 3.68. The molecular weight excluding hydrogens is 238 g/mol. The van der Waals surface area contributed by atoms with Gasteiger partial charge in [0, 0.05) is 18.3 Å². The molecule has 4 heteroatoms. The summed E-state index contributed by atoms with van der Waals surface area (Å²) in [7, 11) is 0. The molecule has 1 N–H and O–H groups in total. The third-order valence-electron chi connectivity index (χ3n) is 2.69. The number of ether oxygens (including phenoxy) is 1. The zero-order valence-electron chi connectivity index (χ0n) is 11.6. The Kier molecular flexibility index (Phi) is 4.34. The maximum atomic E-state index is 5.79. The van der Waals surface area contributed by atoms with Crippen LogP contribution >= 0.6 is 0 Å². The molecule has 2 rings (SSSR count). The van der Waals surface area contributed by atoms with Crippen molar-refractivity contribution in [2.75, 3.05) is 11.9 Å². The zero-order valence-corrected chi connectivity index (χ0v) is 11.6. The van der Waals surface area contributed by atoms with Crippen molar-refractivity contribution < 1.29 is 4.74 Å². The fraction of sp³-hybridized carbons (Fsp3) is 0.333. The Bertz CT molecular complexity index is 538. The van der Waals surface area contributed by atoms with Crippen LogP contribution in [0.15, 0.2) is 30.5 Å². The molecule has 19 heavy (non-hydrogen) atoms. The number of nitrogens with zero attached hydrogens (tertiary/aromatic N) is 2. The van der Waals surface area contributed by atoms with Crippen LogP contribution in [0.3, 0.4) is 0 Å². The number of nitrogens with one attached hydrogen (secondary N) is 1. The third-order valence-corrected chi connectivity index (χ3v) is 2.69. The van der Waals surface area contributed by atoms with Crippen LogP contribution in [0.5, 0.6) is 11.6 Å². The molecule has 0 bridgehead atoms. The number of aryl methyl sites for hydroxylation is 2. The van der Waals surface area contributed by atoms with E-state index in [4.69, 9.17) is 4.74 Å². The Morgan fingerprint density at radius 3 is 2.58 bits per heavy atom. The normalized spacial score (nSPS) is 10.3. The molecule has 0 aliphatic carbocycles. The van der Waals surface area contributed by atoms with Crippen LogP contribution in [-0.2, 0) is 0 Å². The molecule has 1 aromatic heterocycles. The SMILES string of the molecule is CCCNc1ncc(C)c(Oc2ccc(C)cc2)n1. The molecule has 0 aliphatic rings. The monoisotopic (exact) mass is 257 g/mol. The van der Waals surface area contributed by atoms with Gasteiger partial charge in [-0.05, 0) is 32.4 Å². The lowest BCUT2D eigenvalue weighted by Crippen LogP contribution is -2.05. The van der Waals surface area contributed by atoms with E-state index in [1.807, 2.05) is 38.1 Å². The Balaban J connectivity index is 2.16. The zero-order chi connectivity index (χ0) is 13.7. The number of hydrogen-bond donors (Lipinski definition) is 1. The lowest BCUT2D eigenvalue weighted by molar-refractivity contribution is 0.458. The summed E-state index contributed by atoms with van der Waals surface area (Å²) in [5.41, 5.74) is 2.12. The van der Waals surface area contributed by atoms with Crippen LogP contribution in [0.4, 0.5) is 5.95 Å². The van der Waals surface area contributed by atoms with Crippen LogP contribution in [0.25, 0.3) is 0 Å². The van der Waals surface area contributed by atoms with Gasteiger partial charge in [0.1, 0.15) is 5.75 Å². The molecule has 0 spiro atoms. The molecule has 2 aromatic rings. The van der Waals surface area contributed by atoms with E-state index in [9.17, 15) is 0 Å². The lowest BCUT2D eigenvalue weighted by Gasteiger charge is -2.09. The molecule has 4 nitrogen and oxygen atoms in total. The van der Waals surface area contributed by atoms with Crippen molar-refractivity contribution in [1.29, 1.82) is 0 Å². The topological polar surface area (TPSA) is 47.0 Å². The van der Waals surface area contributed by atoms with Gasteiger partial charge in [-0.3, -0.25) is 0 Å². The van der Waals surface area contributed by atoms with E-state index in [0.717, 1.165) is 24.3 Å². The molecular formula is C15H19N3O. The summed E-state index contributed by atoms with van der Waals surface area (Å²) in [5, 5.41) is 3.15. The van der Waals surface area contributed by atoms with Crippen molar-refractivity contribution in [2.45, 2.75) is 27.2 Å². The highest BCUT2D eigenvalue weighted by atomic mass is 16.5. The van der Waals surface area contributed by atoms with Gasteiger partial charge in [0.25, 0.3) is 0 Å². The first kappa shape index (κ1) is 13.3. The van der Waals surface area contributed by atoms with Gasteiger partial charge in [-0.1, -0.05) is 24.6 Å². The first-order valence-electron chi connectivity index (χ1n) is 6.51. The Hall–Kier alpha value is -2.10. The Morgan fingerprint density at radius 1 is 1.16 bits per heavy atom. The smallest absolute Gasteiger partial charge is 0.226 e. The van der Waals surface area contributed by atoms with Crippen LogP contribution in [0.2, 0.25) is 0 Å². The molecule has 1 aromatic carbocycles. The van der Waals surface area contributed by atoms with Crippen molar-refractivity contribution in [3.05, 3.63) is 41.6 Å². The number of anilines is 1. The van der Waals surface area contributed by atoms with Crippen LogP contribution in [0, 0.1) is 13.8 Å². The van der Waals surface area contributed by atoms with E-state index in [2.05, 4.69) is 22.2 Å². The van der Waals surface area contributed by atoms with Gasteiger partial charge >= 0.3 is 0 Å². The molecule has 0 saturated carbocycles. The first-order chi connectivity index (χ1) is 9.19. The van der Waals surface area contributed by atoms with Gasteiger partial charge in [0.15, 0.2) is 0 Å². The minimum absolute atomic E-state index is 0.595. The minimum Gasteiger partial charge on any atom is -0.439 e. The molecule has 100 valence electrons. The average molecular weight is 257 g/mol. The second-order valence-electron chi connectivity index (χ2n) is 4.52. The van der Waals surface area contributed by atoms with Gasteiger partial charge < -0.3 is 10.1 Å². The standard InChI is InChI=1S/C15H19N3O/c1-4-9-16-15-17-10-12(3)14(18-15)19-13-7-5-11(2)6-8-13/h5-8,10H,4,9H2,1-3H3,(H,16,17,18). The largest absolute Gasteiger partial charge is 0.439 e. The second kappa shape index (κ2) is 6.18. The summed E-state index contributed by atoms with van der Waals surface area (Å²) in [4.78, 5) is 8.61. The van der Waals surface area contributed by atoms with Gasteiger partial charge in [-0.15, -0.1) is 0 Å². The minimum atomic E-state index is 0.595. The fourth-order valence-electron chi connectivity index (χ4n) is 1.57. The maximum Gasteiger partial charge on any atom is 0.226 e. The highest BCUT2D eigenvalue weighted by molar-refractivity contribution is 5.36. The molecule has 0 radical (unpaired) electrons. The van der Waals surface area contributed by atoms with E-state index in [1.54, 1.807) is 6.20 Å². The summed E-state index contributed by atoms with van der Waals surface area (Å²) < 4.78 is 5.79. The number of hydrogen-bond acceptors (Lipinski definition) is 4. The molecule has 0 amide bonds. The number of benzene rings is 1. The van der Waals surface area contributed by atoms with Crippen LogP contribution in [-0.4, -0.2) is 16.5 Å². The predicted octanol–water partition coefficient (Wildman–Crippen LogP) is 3.71. The molecule has 0 saturated heterocycles. The fourth-order valence-corrected chi connectivity index (χ4v) is 1.57. The molecule has 1 heterocycles. The van der Waals surface area contributed by atoms with Crippen molar-refractivity contribution in [1.82, 2.24) is 9.97 Å². The van der Waals surface area contributed by atoms with Crippen molar-refractivity contribution in [3.63, 3.8) is 0 Å². The molecule has 0 fully saturated rings. The average Bonchev–Trinajstić information content (AvgIpc) is 2.42. The molecule has 0 unspecified atom stereocenters. The number of aromatic nitrogens is 2. The quantitative estimate of drug-likeness (QED) is 0.887. The van der Waals surface area contributed by atoms with Gasteiger partial charge in [0.05, 0.1) is 0 Å². The summed E-state index contributed by atoms with van der Waals surface area (Å²) in [6.45, 7) is 6.94. The Morgan fingerprint density at radius 2 is 1.89 bits per heavy atom. The van der Waals surface area contributed by atoms with Gasteiger partial charge in [0.2, 0.25) is 11.8 Å². The van der Waals surface area contributed by atoms with Crippen molar-refractivity contribution >= 4 is 5.95 Å². The van der Waals surface area contributed by atoms with E-state index < -0.39 is 0 Å².